The van der Waals surface area contributed by atoms with Gasteiger partial charge in [0.05, 0.1) is 0 Å². The van der Waals surface area contributed by atoms with E-state index < -0.39 is 6.04 Å². The van der Waals surface area contributed by atoms with Crippen molar-refractivity contribution in [3.05, 3.63) is 108 Å². The smallest absolute Gasteiger partial charge is 0.251 e. The van der Waals surface area contributed by atoms with Crippen LogP contribution in [0.15, 0.2) is 91.0 Å². The average Bonchev–Trinajstić information content (AvgIpc) is 2.85. The quantitative estimate of drug-likeness (QED) is 0.629. The highest BCUT2D eigenvalue weighted by molar-refractivity contribution is 5.97. The second kappa shape index (κ2) is 10.7. The van der Waals surface area contributed by atoms with Crippen molar-refractivity contribution in [1.82, 2.24) is 15.1 Å². The number of hydrogen-bond donors (Lipinski definition) is 1. The molecule has 1 heterocycles. The van der Waals surface area contributed by atoms with Gasteiger partial charge in [-0.25, -0.2) is 0 Å². The third kappa shape index (κ3) is 5.83. The molecule has 3 aromatic carbocycles. The lowest BCUT2D eigenvalue weighted by Crippen LogP contribution is -2.55. The van der Waals surface area contributed by atoms with Gasteiger partial charge in [-0.2, -0.15) is 0 Å². The molecule has 0 radical (unpaired) electrons. The van der Waals surface area contributed by atoms with Crippen LogP contribution in [-0.4, -0.2) is 53.8 Å². The van der Waals surface area contributed by atoms with Gasteiger partial charge in [-0.1, -0.05) is 78.9 Å². The number of nitrogens with zero attached hydrogens (tertiary/aromatic N) is 2. The summed E-state index contributed by atoms with van der Waals surface area (Å²) in [4.78, 5) is 30.5. The van der Waals surface area contributed by atoms with E-state index in [0.717, 1.165) is 25.2 Å². The zero-order chi connectivity index (χ0) is 22.2. The van der Waals surface area contributed by atoms with Crippen molar-refractivity contribution in [1.29, 1.82) is 0 Å². The Balaban J connectivity index is 1.41. The third-order valence-electron chi connectivity index (χ3n) is 5.86. The van der Waals surface area contributed by atoms with Crippen LogP contribution >= 0.6 is 0 Å². The number of nitrogens with one attached hydrogen (secondary N) is 1. The SMILES string of the molecule is O=C(N[C@@H](Cc1ccccc1)C(=O)N1CCN(Cc2ccccc2)CC1)c1ccccc1. The topological polar surface area (TPSA) is 52.7 Å². The van der Waals surface area contributed by atoms with Crippen molar-refractivity contribution < 1.29 is 9.59 Å². The van der Waals surface area contributed by atoms with Gasteiger partial charge < -0.3 is 10.2 Å². The summed E-state index contributed by atoms with van der Waals surface area (Å²) in [6, 6.07) is 28.7. The first-order valence-corrected chi connectivity index (χ1v) is 11.1. The Kier molecular flexibility index (Phi) is 7.31. The highest BCUT2D eigenvalue weighted by Gasteiger charge is 2.29. The predicted molar refractivity (Wildman–Crippen MR) is 126 cm³/mol. The van der Waals surface area contributed by atoms with E-state index in [4.69, 9.17) is 0 Å². The molecular weight excluding hydrogens is 398 g/mol. The molecule has 2 amide bonds. The van der Waals surface area contributed by atoms with E-state index in [1.165, 1.54) is 5.56 Å². The van der Waals surface area contributed by atoms with Crippen LogP contribution in [-0.2, 0) is 17.8 Å². The van der Waals surface area contributed by atoms with Crippen LogP contribution < -0.4 is 5.32 Å². The van der Waals surface area contributed by atoms with Gasteiger partial charge in [0.2, 0.25) is 5.91 Å². The van der Waals surface area contributed by atoms with Crippen molar-refractivity contribution in [3.63, 3.8) is 0 Å². The first-order valence-electron chi connectivity index (χ1n) is 11.1. The van der Waals surface area contributed by atoms with Crippen LogP contribution in [0.2, 0.25) is 0 Å². The Morgan fingerprint density at radius 3 is 1.84 bits per heavy atom. The first kappa shape index (κ1) is 21.8. The van der Waals surface area contributed by atoms with Gasteiger partial charge in [0.25, 0.3) is 5.91 Å². The van der Waals surface area contributed by atoms with E-state index in [0.29, 0.717) is 25.1 Å². The number of carbonyl (C=O) groups is 2. The lowest BCUT2D eigenvalue weighted by atomic mass is 10.0. The monoisotopic (exact) mass is 427 g/mol. The van der Waals surface area contributed by atoms with Crippen molar-refractivity contribution in [3.8, 4) is 0 Å². The molecule has 1 N–H and O–H groups in total. The van der Waals surface area contributed by atoms with E-state index in [1.807, 2.05) is 59.5 Å². The maximum absolute atomic E-state index is 13.4. The molecule has 0 bridgehead atoms. The van der Waals surface area contributed by atoms with Crippen LogP contribution in [0.25, 0.3) is 0 Å². The molecule has 0 aliphatic carbocycles. The highest BCUT2D eigenvalue weighted by atomic mass is 16.2. The number of rotatable bonds is 7. The number of piperazine rings is 1. The van der Waals surface area contributed by atoms with Gasteiger partial charge >= 0.3 is 0 Å². The average molecular weight is 428 g/mol. The van der Waals surface area contributed by atoms with Gasteiger partial charge in [-0.3, -0.25) is 14.5 Å². The summed E-state index contributed by atoms with van der Waals surface area (Å²) in [5.41, 5.74) is 2.87. The van der Waals surface area contributed by atoms with Crippen molar-refractivity contribution in [2.45, 2.75) is 19.0 Å². The van der Waals surface area contributed by atoms with Crippen LogP contribution in [0.1, 0.15) is 21.5 Å². The summed E-state index contributed by atoms with van der Waals surface area (Å²) < 4.78 is 0. The fraction of sp³-hybridized carbons (Fsp3) is 0.259. The highest BCUT2D eigenvalue weighted by Crippen LogP contribution is 2.12. The Morgan fingerprint density at radius 1 is 0.719 bits per heavy atom. The number of benzene rings is 3. The Bertz CT molecular complexity index is 1000. The van der Waals surface area contributed by atoms with E-state index in [2.05, 4.69) is 34.5 Å². The minimum Gasteiger partial charge on any atom is -0.340 e. The fourth-order valence-electron chi connectivity index (χ4n) is 4.07. The van der Waals surface area contributed by atoms with Crippen LogP contribution in [0, 0.1) is 0 Å². The van der Waals surface area contributed by atoms with Crippen LogP contribution in [0.4, 0.5) is 0 Å². The number of carbonyl (C=O) groups excluding carboxylic acids is 2. The normalized spacial score (nSPS) is 15.2. The van der Waals surface area contributed by atoms with Crippen molar-refractivity contribution in [2.24, 2.45) is 0 Å². The molecular formula is C27H29N3O2. The summed E-state index contributed by atoms with van der Waals surface area (Å²) in [7, 11) is 0. The number of amides is 2. The molecule has 4 rings (SSSR count). The maximum atomic E-state index is 13.4. The predicted octanol–water partition coefficient (Wildman–Crippen LogP) is 3.37. The zero-order valence-corrected chi connectivity index (χ0v) is 18.2. The Labute approximate surface area is 189 Å². The second-order valence-corrected chi connectivity index (χ2v) is 8.17. The third-order valence-corrected chi connectivity index (χ3v) is 5.86. The molecule has 1 fully saturated rings. The van der Waals surface area contributed by atoms with Crippen LogP contribution in [0.5, 0.6) is 0 Å². The molecule has 0 spiro atoms. The minimum atomic E-state index is -0.592. The van der Waals surface area contributed by atoms with E-state index in [-0.39, 0.29) is 11.8 Å². The largest absolute Gasteiger partial charge is 0.340 e. The van der Waals surface area contributed by atoms with E-state index >= 15 is 0 Å². The lowest BCUT2D eigenvalue weighted by Gasteiger charge is -2.36. The summed E-state index contributed by atoms with van der Waals surface area (Å²) in [5.74, 6) is -0.236. The van der Waals surface area contributed by atoms with Crippen molar-refractivity contribution in [2.75, 3.05) is 26.2 Å². The standard InChI is InChI=1S/C27H29N3O2/c31-26(24-14-8-3-9-15-24)28-25(20-22-10-4-1-5-11-22)27(32)30-18-16-29(17-19-30)21-23-12-6-2-7-13-23/h1-15,25H,16-21H2,(H,28,31)/t25-/m0/s1. The van der Waals surface area contributed by atoms with E-state index in [9.17, 15) is 9.59 Å². The van der Waals surface area contributed by atoms with Gasteiger partial charge in [-0.05, 0) is 23.3 Å². The minimum absolute atomic E-state index is 0.0162. The molecule has 5 nitrogen and oxygen atoms in total. The van der Waals surface area contributed by atoms with Gasteiger partial charge in [-0.15, -0.1) is 0 Å². The maximum Gasteiger partial charge on any atom is 0.251 e. The summed E-state index contributed by atoms with van der Waals surface area (Å²) in [5, 5.41) is 2.99. The molecule has 5 heteroatoms. The van der Waals surface area contributed by atoms with Gasteiger partial charge in [0.1, 0.15) is 6.04 Å². The molecule has 0 aromatic heterocycles. The molecule has 164 valence electrons. The fourth-order valence-corrected chi connectivity index (χ4v) is 4.07. The molecule has 0 unspecified atom stereocenters. The van der Waals surface area contributed by atoms with Crippen LogP contribution in [0.3, 0.4) is 0 Å². The molecule has 32 heavy (non-hydrogen) atoms. The van der Waals surface area contributed by atoms with Gasteiger partial charge in [0, 0.05) is 44.7 Å². The van der Waals surface area contributed by atoms with Gasteiger partial charge in [0.15, 0.2) is 0 Å². The summed E-state index contributed by atoms with van der Waals surface area (Å²) >= 11 is 0. The summed E-state index contributed by atoms with van der Waals surface area (Å²) in [6.07, 6.45) is 0.475. The lowest BCUT2D eigenvalue weighted by molar-refractivity contribution is -0.135. The zero-order valence-electron chi connectivity index (χ0n) is 18.2. The molecule has 1 atom stereocenters. The Morgan fingerprint density at radius 2 is 1.25 bits per heavy atom. The molecule has 1 aliphatic heterocycles. The number of hydrogen-bond acceptors (Lipinski definition) is 3. The molecule has 0 saturated carbocycles. The van der Waals surface area contributed by atoms with Crippen molar-refractivity contribution >= 4 is 11.8 Å². The Hall–Kier alpha value is -3.44. The molecule has 1 saturated heterocycles. The second-order valence-electron chi connectivity index (χ2n) is 8.17. The first-order chi connectivity index (χ1) is 15.7. The summed E-state index contributed by atoms with van der Waals surface area (Å²) in [6.45, 7) is 3.87. The molecule has 1 aliphatic rings. The van der Waals surface area contributed by atoms with E-state index in [1.54, 1.807) is 12.1 Å². The molecule has 3 aromatic rings.